The van der Waals surface area contributed by atoms with Crippen molar-refractivity contribution >= 4 is 0 Å². The van der Waals surface area contributed by atoms with Crippen LogP contribution < -0.4 is 0 Å². The van der Waals surface area contributed by atoms with Crippen LogP contribution in [0.2, 0.25) is 0 Å². The second kappa shape index (κ2) is 5.30. The summed E-state index contributed by atoms with van der Waals surface area (Å²) in [4.78, 5) is 2.17. The largest absolute Gasteiger partial charge is 0.345 e. The molecule has 3 rings (SSSR count). The first-order valence-corrected chi connectivity index (χ1v) is 6.80. The average Bonchev–Trinajstić information content (AvgIpc) is 2.89. The molecule has 0 N–H and O–H groups in total. The van der Waals surface area contributed by atoms with Crippen molar-refractivity contribution in [3.63, 3.8) is 0 Å². The Bertz CT molecular complexity index is 463. The molecule has 4 heteroatoms. The molecule has 4 nitrogen and oxygen atoms in total. The van der Waals surface area contributed by atoms with Gasteiger partial charge in [-0.2, -0.15) is 5.26 Å². The number of piperidine rings is 1. The molecule has 0 aromatic heterocycles. The van der Waals surface area contributed by atoms with Crippen LogP contribution in [0.5, 0.6) is 0 Å². The van der Waals surface area contributed by atoms with Crippen molar-refractivity contribution in [1.82, 2.24) is 4.90 Å². The molecule has 2 saturated heterocycles. The first-order chi connectivity index (χ1) is 9.34. The fourth-order valence-corrected chi connectivity index (χ4v) is 3.01. The van der Waals surface area contributed by atoms with Crippen molar-refractivity contribution in [3.05, 3.63) is 35.9 Å². The molecule has 0 radical (unpaired) electrons. The molecule has 0 unspecified atom stereocenters. The molecular weight excluding hydrogens is 240 g/mol. The minimum absolute atomic E-state index is 0.316. The number of benzene rings is 1. The quantitative estimate of drug-likeness (QED) is 0.813. The van der Waals surface area contributed by atoms with Gasteiger partial charge in [0.1, 0.15) is 0 Å². The fraction of sp³-hybridized carbons (Fsp3) is 0.533. The van der Waals surface area contributed by atoms with E-state index < -0.39 is 5.79 Å². The van der Waals surface area contributed by atoms with Gasteiger partial charge in [0.05, 0.1) is 19.3 Å². The van der Waals surface area contributed by atoms with Gasteiger partial charge in [0.2, 0.25) is 0 Å². The molecule has 0 saturated carbocycles. The van der Waals surface area contributed by atoms with E-state index in [1.54, 1.807) is 0 Å². The van der Waals surface area contributed by atoms with E-state index >= 15 is 0 Å². The molecule has 1 atom stereocenters. The summed E-state index contributed by atoms with van der Waals surface area (Å²) < 4.78 is 11.5. The predicted molar refractivity (Wildman–Crippen MR) is 70.1 cm³/mol. The van der Waals surface area contributed by atoms with E-state index in [0.717, 1.165) is 25.9 Å². The maximum atomic E-state index is 9.51. The Labute approximate surface area is 113 Å². The number of likely N-dealkylation sites (tertiary alicyclic amines) is 1. The molecule has 0 bridgehead atoms. The van der Waals surface area contributed by atoms with Gasteiger partial charge in [0, 0.05) is 19.5 Å². The number of nitriles is 1. The maximum absolute atomic E-state index is 9.51. The monoisotopic (exact) mass is 258 g/mol. The van der Waals surface area contributed by atoms with Gasteiger partial charge < -0.3 is 9.47 Å². The van der Waals surface area contributed by atoms with E-state index in [2.05, 4.69) is 23.1 Å². The Balaban J connectivity index is 1.79. The van der Waals surface area contributed by atoms with Crippen LogP contribution in [0.1, 0.15) is 18.4 Å². The highest BCUT2D eigenvalue weighted by Crippen LogP contribution is 2.36. The van der Waals surface area contributed by atoms with Crippen LogP contribution in [0.3, 0.4) is 0 Å². The van der Waals surface area contributed by atoms with Crippen LogP contribution in [0, 0.1) is 11.3 Å². The van der Waals surface area contributed by atoms with Gasteiger partial charge in [-0.1, -0.05) is 30.3 Å². The molecule has 0 amide bonds. The summed E-state index contributed by atoms with van der Waals surface area (Å²) in [6.07, 6.45) is 1.82. The molecule has 1 aromatic carbocycles. The van der Waals surface area contributed by atoms with Crippen molar-refractivity contribution in [1.29, 1.82) is 5.26 Å². The van der Waals surface area contributed by atoms with Gasteiger partial charge in [0.15, 0.2) is 11.8 Å². The topological polar surface area (TPSA) is 45.5 Å². The molecule has 2 heterocycles. The minimum Gasteiger partial charge on any atom is -0.345 e. The van der Waals surface area contributed by atoms with Crippen molar-refractivity contribution < 1.29 is 9.47 Å². The van der Waals surface area contributed by atoms with Gasteiger partial charge in [-0.05, 0) is 12.0 Å². The third-order valence-corrected chi connectivity index (χ3v) is 3.88. The minimum atomic E-state index is -0.693. The van der Waals surface area contributed by atoms with E-state index in [9.17, 15) is 5.26 Å². The standard InChI is InChI=1S/C15H18N2O2/c16-11-14-15(18-9-10-19-15)7-4-8-17(14)12-13-5-2-1-3-6-13/h1-3,5-6,14H,4,7-10,12H2/t14-/m0/s1. The zero-order valence-corrected chi connectivity index (χ0v) is 10.9. The van der Waals surface area contributed by atoms with E-state index in [1.807, 2.05) is 18.2 Å². The summed E-state index contributed by atoms with van der Waals surface area (Å²) >= 11 is 0. The summed E-state index contributed by atoms with van der Waals surface area (Å²) in [7, 11) is 0. The highest BCUT2D eigenvalue weighted by Gasteiger charge is 2.49. The van der Waals surface area contributed by atoms with Crippen molar-refractivity contribution in [3.8, 4) is 6.07 Å². The molecule has 1 aromatic rings. The Morgan fingerprint density at radius 1 is 1.26 bits per heavy atom. The van der Waals surface area contributed by atoms with Crippen LogP contribution in [0.25, 0.3) is 0 Å². The van der Waals surface area contributed by atoms with E-state index in [-0.39, 0.29) is 6.04 Å². The number of nitrogens with zero attached hydrogens (tertiary/aromatic N) is 2. The molecule has 2 fully saturated rings. The SMILES string of the molecule is N#C[C@@H]1N(Cc2ccccc2)CCCC12OCCO2. The van der Waals surface area contributed by atoms with Crippen molar-refractivity contribution in [2.24, 2.45) is 0 Å². The first-order valence-electron chi connectivity index (χ1n) is 6.80. The van der Waals surface area contributed by atoms with Crippen LogP contribution >= 0.6 is 0 Å². The van der Waals surface area contributed by atoms with Crippen LogP contribution in [0.4, 0.5) is 0 Å². The molecule has 19 heavy (non-hydrogen) atoms. The number of rotatable bonds is 2. The summed E-state index contributed by atoms with van der Waals surface area (Å²) in [5, 5.41) is 9.51. The highest BCUT2D eigenvalue weighted by atomic mass is 16.7. The Kier molecular flexibility index (Phi) is 3.52. The Hall–Kier alpha value is -1.41. The van der Waals surface area contributed by atoms with E-state index in [4.69, 9.17) is 9.47 Å². The number of hydrogen-bond donors (Lipinski definition) is 0. The van der Waals surface area contributed by atoms with Crippen molar-refractivity contribution in [2.45, 2.75) is 31.2 Å². The fourth-order valence-electron chi connectivity index (χ4n) is 3.01. The van der Waals surface area contributed by atoms with Gasteiger partial charge in [-0.15, -0.1) is 0 Å². The van der Waals surface area contributed by atoms with Crippen LogP contribution in [-0.4, -0.2) is 36.5 Å². The third kappa shape index (κ3) is 2.37. The van der Waals surface area contributed by atoms with Gasteiger partial charge >= 0.3 is 0 Å². The first kappa shape index (κ1) is 12.6. The lowest BCUT2D eigenvalue weighted by Crippen LogP contribution is -2.56. The third-order valence-electron chi connectivity index (χ3n) is 3.88. The summed E-state index contributed by atoms with van der Waals surface area (Å²) in [5.74, 6) is -0.693. The molecule has 0 aliphatic carbocycles. The van der Waals surface area contributed by atoms with Gasteiger partial charge in [-0.3, -0.25) is 4.90 Å². The van der Waals surface area contributed by atoms with E-state index in [1.165, 1.54) is 5.56 Å². The summed E-state index contributed by atoms with van der Waals surface area (Å²) in [6, 6.07) is 12.3. The number of ether oxygens (including phenoxy) is 2. The molecule has 2 aliphatic heterocycles. The zero-order chi connectivity index (χ0) is 13.1. The normalized spacial score (nSPS) is 26.4. The lowest BCUT2D eigenvalue weighted by molar-refractivity contribution is -0.210. The van der Waals surface area contributed by atoms with Gasteiger partial charge in [-0.25, -0.2) is 0 Å². The van der Waals surface area contributed by atoms with Gasteiger partial charge in [0.25, 0.3) is 0 Å². The zero-order valence-electron chi connectivity index (χ0n) is 10.9. The molecule has 100 valence electrons. The molecule has 1 spiro atoms. The smallest absolute Gasteiger partial charge is 0.197 e. The van der Waals surface area contributed by atoms with Crippen LogP contribution in [-0.2, 0) is 16.0 Å². The maximum Gasteiger partial charge on any atom is 0.197 e. The summed E-state index contributed by atoms with van der Waals surface area (Å²) in [6.45, 7) is 2.88. The second-order valence-electron chi connectivity index (χ2n) is 5.10. The highest BCUT2D eigenvalue weighted by molar-refractivity contribution is 5.16. The van der Waals surface area contributed by atoms with E-state index in [0.29, 0.717) is 13.2 Å². The second-order valence-corrected chi connectivity index (χ2v) is 5.10. The lowest BCUT2D eigenvalue weighted by Gasteiger charge is -2.42. The molecule has 2 aliphatic rings. The lowest BCUT2D eigenvalue weighted by atomic mass is 9.95. The van der Waals surface area contributed by atoms with Crippen LogP contribution in [0.15, 0.2) is 30.3 Å². The summed E-state index contributed by atoms with van der Waals surface area (Å²) in [5.41, 5.74) is 1.22. The molecular formula is C15H18N2O2. The number of hydrogen-bond acceptors (Lipinski definition) is 4. The van der Waals surface area contributed by atoms with Crippen molar-refractivity contribution in [2.75, 3.05) is 19.8 Å². The average molecular weight is 258 g/mol. The Morgan fingerprint density at radius 3 is 2.68 bits per heavy atom. The Morgan fingerprint density at radius 2 is 2.00 bits per heavy atom. The predicted octanol–water partition coefficient (Wildman–Crippen LogP) is 1.92.